The second-order valence-corrected chi connectivity index (χ2v) is 9.41. The van der Waals surface area contributed by atoms with Gasteiger partial charge in [-0.2, -0.15) is 13.2 Å². The zero-order valence-electron chi connectivity index (χ0n) is 17.5. The van der Waals surface area contributed by atoms with Crippen molar-refractivity contribution in [1.29, 1.82) is 0 Å². The van der Waals surface area contributed by atoms with E-state index in [0.29, 0.717) is 25.6 Å². The molecule has 4 heterocycles. The number of thiophene rings is 1. The molecule has 2 atom stereocenters. The molecule has 176 valence electrons. The van der Waals surface area contributed by atoms with Gasteiger partial charge >= 0.3 is 6.18 Å². The summed E-state index contributed by atoms with van der Waals surface area (Å²) >= 11 is 1.11. The summed E-state index contributed by atoms with van der Waals surface area (Å²) in [7, 11) is 1.55. The number of rotatable bonds is 4. The largest absolute Gasteiger partial charge is 0.417 e. The van der Waals surface area contributed by atoms with Gasteiger partial charge in [0.2, 0.25) is 0 Å². The summed E-state index contributed by atoms with van der Waals surface area (Å²) in [4.78, 5) is 28.6. The van der Waals surface area contributed by atoms with Gasteiger partial charge < -0.3 is 19.7 Å². The molecule has 3 aliphatic heterocycles. The van der Waals surface area contributed by atoms with Gasteiger partial charge in [0.05, 0.1) is 35.0 Å². The number of nitrogens with one attached hydrogen (secondary N) is 1. The van der Waals surface area contributed by atoms with E-state index in [4.69, 9.17) is 9.47 Å². The number of hydrogen-bond donors (Lipinski definition) is 1. The predicted molar refractivity (Wildman–Crippen MR) is 111 cm³/mol. The Morgan fingerprint density at radius 1 is 1.21 bits per heavy atom. The molecule has 33 heavy (non-hydrogen) atoms. The average Bonchev–Trinajstić information content (AvgIpc) is 3.28. The van der Waals surface area contributed by atoms with Crippen molar-refractivity contribution in [2.24, 2.45) is 0 Å². The maximum Gasteiger partial charge on any atom is 0.417 e. The lowest BCUT2D eigenvalue weighted by atomic mass is 9.99. The van der Waals surface area contributed by atoms with E-state index in [1.165, 1.54) is 0 Å². The van der Waals surface area contributed by atoms with Gasteiger partial charge in [0.25, 0.3) is 11.8 Å². The molecule has 0 aliphatic carbocycles. The van der Waals surface area contributed by atoms with Gasteiger partial charge in [0, 0.05) is 31.5 Å². The van der Waals surface area contributed by atoms with E-state index in [1.807, 2.05) is 0 Å². The maximum atomic E-state index is 14.3. The number of fused-ring (bicyclic) bond motifs is 4. The van der Waals surface area contributed by atoms with Gasteiger partial charge in [-0.25, -0.2) is 4.39 Å². The Kier molecular flexibility index (Phi) is 5.45. The summed E-state index contributed by atoms with van der Waals surface area (Å²) in [6, 6.07) is 2.35. The van der Waals surface area contributed by atoms with Gasteiger partial charge in [0.15, 0.2) is 0 Å². The first-order valence-corrected chi connectivity index (χ1v) is 11.3. The first-order valence-electron chi connectivity index (χ1n) is 10.5. The summed E-state index contributed by atoms with van der Waals surface area (Å²) in [6.45, 7) is 0.754. The van der Waals surface area contributed by atoms with Crippen LogP contribution in [0.15, 0.2) is 18.2 Å². The molecular formula is C22H20F4N2O4S. The van der Waals surface area contributed by atoms with Gasteiger partial charge in [0.1, 0.15) is 10.8 Å². The van der Waals surface area contributed by atoms with Crippen LogP contribution in [0, 0.1) is 5.82 Å². The second-order valence-electron chi connectivity index (χ2n) is 8.36. The lowest BCUT2D eigenvalue weighted by Gasteiger charge is -2.38. The van der Waals surface area contributed by atoms with E-state index in [9.17, 15) is 27.2 Å². The van der Waals surface area contributed by atoms with Crippen molar-refractivity contribution in [3.8, 4) is 0 Å². The van der Waals surface area contributed by atoms with Crippen molar-refractivity contribution < 1.29 is 36.6 Å². The van der Waals surface area contributed by atoms with Crippen molar-refractivity contribution in [3.63, 3.8) is 0 Å². The molecule has 0 spiro atoms. The van der Waals surface area contributed by atoms with Gasteiger partial charge in [-0.1, -0.05) is 6.07 Å². The number of nitrogens with zero attached hydrogens (tertiary/aromatic N) is 1. The number of carbonyl (C=O) groups is 2. The molecule has 3 aliphatic rings. The molecule has 2 saturated heterocycles. The van der Waals surface area contributed by atoms with E-state index in [2.05, 4.69) is 5.32 Å². The number of methoxy groups -OCH3 is 1. The molecule has 5 rings (SSSR count). The van der Waals surface area contributed by atoms with Crippen LogP contribution < -0.4 is 5.32 Å². The van der Waals surface area contributed by atoms with Gasteiger partial charge in [-0.05, 0) is 30.5 Å². The molecule has 2 fully saturated rings. The van der Waals surface area contributed by atoms with Crippen LogP contribution in [-0.2, 0) is 22.1 Å². The maximum absolute atomic E-state index is 14.3. The summed E-state index contributed by atoms with van der Waals surface area (Å²) in [6.07, 6.45) is -3.17. The molecule has 1 aromatic heterocycles. The second kappa shape index (κ2) is 8.07. The summed E-state index contributed by atoms with van der Waals surface area (Å²) in [5.74, 6) is -2.87. The highest BCUT2D eigenvalue weighted by Gasteiger charge is 2.43. The highest BCUT2D eigenvalue weighted by Crippen LogP contribution is 2.49. The Labute approximate surface area is 190 Å². The quantitative estimate of drug-likeness (QED) is 0.654. The van der Waals surface area contributed by atoms with Crippen molar-refractivity contribution in [3.05, 3.63) is 51.1 Å². The molecule has 2 bridgehead atoms. The number of benzene rings is 1. The number of likely N-dealkylation sites (tertiary alicyclic amines) is 1. The van der Waals surface area contributed by atoms with Crippen LogP contribution in [0.3, 0.4) is 0 Å². The van der Waals surface area contributed by atoms with Crippen LogP contribution in [0.1, 0.15) is 55.7 Å². The number of ether oxygens (including phenoxy) is 2. The van der Waals surface area contributed by atoms with Crippen LogP contribution in [-0.4, -0.2) is 49.1 Å². The van der Waals surface area contributed by atoms with Crippen molar-refractivity contribution in [2.75, 3.05) is 25.5 Å². The number of carbonyl (C=O) groups excluding carboxylic acids is 2. The SMILES string of the molecule is COC1CN(C(=O)c2c(NC(=O)c3c(F)cccc3C(F)(F)F)sc3c2CC2CCC3O2)C1. The number of alkyl halides is 3. The minimum absolute atomic E-state index is 0.0429. The van der Waals surface area contributed by atoms with Gasteiger partial charge in [-0.3, -0.25) is 9.59 Å². The minimum atomic E-state index is -4.91. The molecule has 0 radical (unpaired) electrons. The smallest absolute Gasteiger partial charge is 0.378 e. The lowest BCUT2D eigenvalue weighted by Crippen LogP contribution is -2.54. The Hall–Kier alpha value is -2.50. The Balaban J connectivity index is 1.52. The highest BCUT2D eigenvalue weighted by molar-refractivity contribution is 7.17. The molecule has 1 aromatic carbocycles. The van der Waals surface area contributed by atoms with Crippen LogP contribution in [0.2, 0.25) is 0 Å². The van der Waals surface area contributed by atoms with Crippen LogP contribution in [0.4, 0.5) is 22.6 Å². The molecule has 2 amide bonds. The number of halogens is 4. The fraction of sp³-hybridized carbons (Fsp3) is 0.455. The van der Waals surface area contributed by atoms with E-state index < -0.39 is 29.0 Å². The Bertz CT molecular complexity index is 1130. The Morgan fingerprint density at radius 2 is 1.97 bits per heavy atom. The first kappa shape index (κ1) is 22.3. The van der Waals surface area contributed by atoms with Crippen molar-refractivity contribution in [1.82, 2.24) is 4.90 Å². The zero-order valence-corrected chi connectivity index (χ0v) is 18.3. The molecule has 2 unspecified atom stereocenters. The number of hydrogen-bond acceptors (Lipinski definition) is 5. The molecule has 6 nitrogen and oxygen atoms in total. The standard InChI is InChI=1S/C22H20F4N2O4S/c1-31-11-8-28(9-11)21(30)16-12-7-10-5-6-15(32-10)18(12)33-20(16)27-19(29)17-13(22(24,25)26)3-2-4-14(17)23/h2-4,10-11,15H,5-9H2,1H3,(H,27,29). The topological polar surface area (TPSA) is 67.9 Å². The van der Waals surface area contributed by atoms with E-state index >= 15 is 0 Å². The minimum Gasteiger partial charge on any atom is -0.378 e. The monoisotopic (exact) mass is 484 g/mol. The van der Waals surface area contributed by atoms with Crippen molar-refractivity contribution in [2.45, 2.75) is 43.8 Å². The fourth-order valence-corrected chi connectivity index (χ4v) is 5.89. The number of amides is 2. The van der Waals surface area contributed by atoms with Crippen LogP contribution in [0.5, 0.6) is 0 Å². The van der Waals surface area contributed by atoms with E-state index in [0.717, 1.165) is 46.8 Å². The van der Waals surface area contributed by atoms with Crippen LogP contribution in [0.25, 0.3) is 0 Å². The van der Waals surface area contributed by atoms with E-state index in [-0.39, 0.29) is 34.8 Å². The molecule has 11 heteroatoms. The third-order valence-electron chi connectivity index (χ3n) is 6.33. The Morgan fingerprint density at radius 3 is 2.67 bits per heavy atom. The van der Waals surface area contributed by atoms with Crippen LogP contribution >= 0.6 is 11.3 Å². The summed E-state index contributed by atoms with van der Waals surface area (Å²) in [5.41, 5.74) is -1.47. The first-order chi connectivity index (χ1) is 15.7. The fourth-order valence-electron chi connectivity index (χ4n) is 4.60. The average molecular weight is 484 g/mol. The normalized spacial score (nSPS) is 22.2. The molecule has 0 saturated carbocycles. The third-order valence-corrected chi connectivity index (χ3v) is 7.57. The lowest BCUT2D eigenvalue weighted by molar-refractivity contribution is -0.138. The third kappa shape index (κ3) is 3.81. The molecule has 2 aromatic rings. The summed E-state index contributed by atoms with van der Waals surface area (Å²) < 4.78 is 65.8. The predicted octanol–water partition coefficient (Wildman–Crippen LogP) is 4.41. The molecule has 1 N–H and O–H groups in total. The summed E-state index contributed by atoms with van der Waals surface area (Å²) in [5, 5.41) is 2.53. The molecular weight excluding hydrogens is 464 g/mol. The number of anilines is 1. The van der Waals surface area contributed by atoms with E-state index in [1.54, 1.807) is 12.0 Å². The zero-order chi connectivity index (χ0) is 23.5. The highest BCUT2D eigenvalue weighted by atomic mass is 32.1. The van der Waals surface area contributed by atoms with Gasteiger partial charge in [-0.15, -0.1) is 11.3 Å². The van der Waals surface area contributed by atoms with Crippen molar-refractivity contribution >= 4 is 28.2 Å².